The molecule has 0 N–H and O–H groups in total. The predicted molar refractivity (Wildman–Crippen MR) is 94.8 cm³/mol. The van der Waals surface area contributed by atoms with Crippen LogP contribution in [0.2, 0.25) is 0 Å². The lowest BCUT2D eigenvalue weighted by molar-refractivity contribution is 0.221. The molecule has 0 amide bonds. The number of hydrogen-bond acceptors (Lipinski definition) is 2. The van der Waals surface area contributed by atoms with Gasteiger partial charge in [0, 0.05) is 6.54 Å². The van der Waals surface area contributed by atoms with Crippen LogP contribution >= 0.6 is 12.4 Å². The summed E-state index contributed by atoms with van der Waals surface area (Å²) in [5, 5.41) is 0. The van der Waals surface area contributed by atoms with Gasteiger partial charge >= 0.3 is 0 Å². The van der Waals surface area contributed by atoms with Crippen molar-refractivity contribution in [2.24, 2.45) is 0 Å². The van der Waals surface area contributed by atoms with Crippen LogP contribution in [-0.4, -0.2) is 31.1 Å². The van der Waals surface area contributed by atoms with Gasteiger partial charge < -0.3 is 9.64 Å². The van der Waals surface area contributed by atoms with Crippen molar-refractivity contribution in [2.45, 2.75) is 26.7 Å². The predicted octanol–water partition coefficient (Wildman–Crippen LogP) is 4.29. The molecule has 2 nitrogen and oxygen atoms in total. The minimum atomic E-state index is 0. The molecule has 0 atom stereocenters. The zero-order chi connectivity index (χ0) is 14.8. The number of halogens is 1. The van der Waals surface area contributed by atoms with E-state index >= 15 is 0 Å². The molecule has 0 saturated carbocycles. The standard InChI is InChI=1S/C18H27NO.ClH/c1-5-10-16-12-9-13-17(11-6-2)18(16)20-15-14-19(7-3)8-4;/h5-6,9,12-13H,1-2,7-8,10-11,14-15H2,3-4H3;1H. The van der Waals surface area contributed by atoms with Gasteiger partial charge in [-0.3, -0.25) is 0 Å². The Bertz CT molecular complexity index is 399. The highest BCUT2D eigenvalue weighted by molar-refractivity contribution is 5.85. The molecule has 0 spiro atoms. The van der Waals surface area contributed by atoms with E-state index in [0.29, 0.717) is 0 Å². The van der Waals surface area contributed by atoms with Gasteiger partial charge in [-0.2, -0.15) is 0 Å². The van der Waals surface area contributed by atoms with E-state index in [4.69, 9.17) is 4.74 Å². The van der Waals surface area contributed by atoms with E-state index in [0.717, 1.165) is 44.8 Å². The second kappa shape index (κ2) is 11.4. The van der Waals surface area contributed by atoms with Crippen LogP contribution in [0.1, 0.15) is 25.0 Å². The lowest BCUT2D eigenvalue weighted by Gasteiger charge is -2.20. The average Bonchev–Trinajstić information content (AvgIpc) is 2.46. The van der Waals surface area contributed by atoms with Gasteiger partial charge in [-0.1, -0.05) is 44.2 Å². The zero-order valence-corrected chi connectivity index (χ0v) is 14.1. The van der Waals surface area contributed by atoms with Crippen molar-refractivity contribution in [1.29, 1.82) is 0 Å². The first-order chi connectivity index (χ1) is 9.76. The number of likely N-dealkylation sites (N-methyl/N-ethyl adjacent to an activating group) is 1. The molecular formula is C18H28ClNO. The van der Waals surface area contributed by atoms with Crippen molar-refractivity contribution < 1.29 is 4.74 Å². The molecule has 0 radical (unpaired) electrons. The largest absolute Gasteiger partial charge is 0.492 e. The van der Waals surface area contributed by atoms with Gasteiger partial charge in [0.15, 0.2) is 0 Å². The summed E-state index contributed by atoms with van der Waals surface area (Å²) < 4.78 is 6.07. The average molecular weight is 310 g/mol. The van der Waals surface area contributed by atoms with Crippen molar-refractivity contribution in [2.75, 3.05) is 26.2 Å². The number of nitrogens with zero attached hydrogens (tertiary/aromatic N) is 1. The number of allylic oxidation sites excluding steroid dienone is 2. The normalized spacial score (nSPS) is 10.0. The first-order valence-corrected chi connectivity index (χ1v) is 7.44. The summed E-state index contributed by atoms with van der Waals surface area (Å²) in [6, 6.07) is 6.30. The highest BCUT2D eigenvalue weighted by atomic mass is 35.5. The minimum absolute atomic E-state index is 0. The molecule has 1 aromatic carbocycles. The monoisotopic (exact) mass is 309 g/mol. The smallest absolute Gasteiger partial charge is 0.126 e. The summed E-state index contributed by atoms with van der Waals surface area (Å²) >= 11 is 0. The molecule has 0 fully saturated rings. The Labute approximate surface area is 135 Å². The van der Waals surface area contributed by atoms with Crippen LogP contribution in [-0.2, 0) is 12.8 Å². The van der Waals surface area contributed by atoms with Crippen molar-refractivity contribution in [3.8, 4) is 5.75 Å². The third-order valence-electron chi connectivity index (χ3n) is 3.45. The van der Waals surface area contributed by atoms with Gasteiger partial charge in [0.1, 0.15) is 12.4 Å². The molecule has 0 heterocycles. The fraction of sp³-hybridized carbons (Fsp3) is 0.444. The van der Waals surface area contributed by atoms with Gasteiger partial charge in [0.25, 0.3) is 0 Å². The Morgan fingerprint density at radius 1 is 1.05 bits per heavy atom. The van der Waals surface area contributed by atoms with Crippen LogP contribution < -0.4 is 4.74 Å². The molecule has 0 aliphatic heterocycles. The third-order valence-corrected chi connectivity index (χ3v) is 3.45. The van der Waals surface area contributed by atoms with Gasteiger partial charge in [-0.15, -0.1) is 25.6 Å². The number of para-hydroxylation sites is 1. The molecule has 0 aliphatic rings. The van der Waals surface area contributed by atoms with Crippen molar-refractivity contribution in [3.63, 3.8) is 0 Å². The summed E-state index contributed by atoms with van der Waals surface area (Å²) in [4.78, 5) is 2.36. The first-order valence-electron chi connectivity index (χ1n) is 7.44. The Morgan fingerprint density at radius 2 is 1.57 bits per heavy atom. The van der Waals surface area contributed by atoms with Gasteiger partial charge in [-0.05, 0) is 37.1 Å². The zero-order valence-electron chi connectivity index (χ0n) is 13.3. The molecule has 0 aromatic heterocycles. The maximum absolute atomic E-state index is 6.07. The molecule has 0 aliphatic carbocycles. The van der Waals surface area contributed by atoms with Gasteiger partial charge in [-0.25, -0.2) is 0 Å². The number of benzene rings is 1. The van der Waals surface area contributed by atoms with E-state index in [-0.39, 0.29) is 12.4 Å². The van der Waals surface area contributed by atoms with Gasteiger partial charge in [0.2, 0.25) is 0 Å². The van der Waals surface area contributed by atoms with E-state index < -0.39 is 0 Å². The SMILES string of the molecule is C=CCc1cccc(CC=C)c1OCCN(CC)CC.Cl. The second-order valence-electron chi connectivity index (χ2n) is 4.77. The second-order valence-corrected chi connectivity index (χ2v) is 4.77. The molecule has 21 heavy (non-hydrogen) atoms. The summed E-state index contributed by atoms with van der Waals surface area (Å²) in [6.45, 7) is 15.8. The van der Waals surface area contributed by atoms with Gasteiger partial charge in [0.05, 0.1) is 0 Å². The van der Waals surface area contributed by atoms with Crippen molar-refractivity contribution >= 4 is 12.4 Å². The molecule has 0 bridgehead atoms. The molecule has 0 unspecified atom stereocenters. The number of rotatable bonds is 10. The highest BCUT2D eigenvalue weighted by Crippen LogP contribution is 2.25. The summed E-state index contributed by atoms with van der Waals surface area (Å²) in [6.07, 6.45) is 5.52. The van der Waals surface area contributed by atoms with Crippen LogP contribution in [0.5, 0.6) is 5.75 Å². The molecule has 118 valence electrons. The maximum atomic E-state index is 6.07. The summed E-state index contributed by atoms with van der Waals surface area (Å²) in [7, 11) is 0. The molecular weight excluding hydrogens is 282 g/mol. The Hall–Kier alpha value is -1.25. The number of hydrogen-bond donors (Lipinski definition) is 0. The third kappa shape index (κ3) is 6.36. The van der Waals surface area contributed by atoms with Crippen molar-refractivity contribution in [3.05, 3.63) is 54.6 Å². The van der Waals surface area contributed by atoms with Crippen LogP contribution in [0.3, 0.4) is 0 Å². The fourth-order valence-electron chi connectivity index (χ4n) is 2.27. The topological polar surface area (TPSA) is 12.5 Å². The molecule has 3 heteroatoms. The molecule has 1 rings (SSSR count). The highest BCUT2D eigenvalue weighted by Gasteiger charge is 2.08. The van der Waals surface area contributed by atoms with Crippen LogP contribution in [0.4, 0.5) is 0 Å². The molecule has 1 aromatic rings. The summed E-state index contributed by atoms with van der Waals surface area (Å²) in [5.74, 6) is 1.01. The summed E-state index contributed by atoms with van der Waals surface area (Å²) in [5.41, 5.74) is 2.41. The van der Waals surface area contributed by atoms with Crippen LogP contribution in [0.15, 0.2) is 43.5 Å². The Kier molecular flexibility index (Phi) is 10.7. The lowest BCUT2D eigenvalue weighted by Crippen LogP contribution is -2.28. The Balaban J connectivity index is 0.00000400. The van der Waals surface area contributed by atoms with E-state index in [1.807, 2.05) is 12.2 Å². The van der Waals surface area contributed by atoms with E-state index in [1.54, 1.807) is 0 Å². The maximum Gasteiger partial charge on any atom is 0.126 e. The number of ether oxygens (including phenoxy) is 1. The van der Waals surface area contributed by atoms with Crippen LogP contribution in [0.25, 0.3) is 0 Å². The lowest BCUT2D eigenvalue weighted by atomic mass is 10.0. The van der Waals surface area contributed by atoms with Crippen molar-refractivity contribution in [1.82, 2.24) is 4.90 Å². The first kappa shape index (κ1) is 19.8. The fourth-order valence-corrected chi connectivity index (χ4v) is 2.27. The quantitative estimate of drug-likeness (QED) is 0.598. The van der Waals surface area contributed by atoms with E-state index in [1.165, 1.54) is 11.1 Å². The molecule has 0 saturated heterocycles. The van der Waals surface area contributed by atoms with Crippen LogP contribution in [0, 0.1) is 0 Å². The Morgan fingerprint density at radius 3 is 2.00 bits per heavy atom. The minimum Gasteiger partial charge on any atom is -0.492 e. The van der Waals surface area contributed by atoms with E-state index in [2.05, 4.69) is 50.1 Å². The van der Waals surface area contributed by atoms with E-state index in [9.17, 15) is 0 Å².